The first kappa shape index (κ1) is 13.6. The molecule has 1 nitrogen and oxygen atoms in total. The lowest BCUT2D eigenvalue weighted by Crippen LogP contribution is -1.90. The van der Waals surface area contributed by atoms with Crippen LogP contribution in [0.15, 0.2) is 84.9 Å². The molecule has 0 spiro atoms. The Kier molecular flexibility index (Phi) is 3.35. The molecule has 0 bridgehead atoms. The Morgan fingerprint density at radius 2 is 1.35 bits per heavy atom. The molecule has 0 aliphatic rings. The van der Waals surface area contributed by atoms with E-state index in [-0.39, 0.29) is 5.82 Å². The molecule has 0 aliphatic heterocycles. The first-order chi connectivity index (χ1) is 11.3. The minimum Gasteiger partial charge on any atom is -0.248 e. The molecule has 3 aromatic carbocycles. The predicted molar refractivity (Wildman–Crippen MR) is 92.6 cm³/mol. The fourth-order valence-corrected chi connectivity index (χ4v) is 2.80. The molecule has 110 valence electrons. The van der Waals surface area contributed by atoms with Gasteiger partial charge in [0.15, 0.2) is 0 Å². The monoisotopic (exact) mass is 299 g/mol. The van der Waals surface area contributed by atoms with Crippen LogP contribution in [-0.2, 0) is 0 Å². The Bertz CT molecular complexity index is 960. The van der Waals surface area contributed by atoms with Gasteiger partial charge in [-0.25, -0.2) is 9.37 Å². The highest BCUT2D eigenvalue weighted by atomic mass is 19.1. The standard InChI is InChI=1S/C21H14FN/c22-17-12-10-16(11-13-17)21-14-19(15-6-2-1-3-7-15)18-8-4-5-9-20(18)23-21/h1-14H. The lowest BCUT2D eigenvalue weighted by Gasteiger charge is -2.10. The highest BCUT2D eigenvalue weighted by Crippen LogP contribution is 2.31. The number of nitrogens with zero attached hydrogens (tertiary/aromatic N) is 1. The van der Waals surface area contributed by atoms with E-state index in [0.29, 0.717) is 0 Å². The smallest absolute Gasteiger partial charge is 0.123 e. The van der Waals surface area contributed by atoms with Gasteiger partial charge >= 0.3 is 0 Å². The van der Waals surface area contributed by atoms with Gasteiger partial charge in [-0.2, -0.15) is 0 Å². The van der Waals surface area contributed by atoms with Crippen molar-refractivity contribution in [1.82, 2.24) is 4.98 Å². The molecule has 0 atom stereocenters. The predicted octanol–water partition coefficient (Wildman–Crippen LogP) is 5.71. The van der Waals surface area contributed by atoms with Gasteiger partial charge in [-0.05, 0) is 47.5 Å². The van der Waals surface area contributed by atoms with Gasteiger partial charge in [0, 0.05) is 10.9 Å². The number of hydrogen-bond donors (Lipinski definition) is 0. The second kappa shape index (κ2) is 5.65. The van der Waals surface area contributed by atoms with Crippen molar-refractivity contribution in [3.05, 3.63) is 90.7 Å². The van der Waals surface area contributed by atoms with Crippen LogP contribution in [0.1, 0.15) is 0 Å². The molecule has 4 rings (SSSR count). The second-order valence-electron chi connectivity index (χ2n) is 5.45. The topological polar surface area (TPSA) is 12.9 Å². The van der Waals surface area contributed by atoms with E-state index >= 15 is 0 Å². The third-order valence-electron chi connectivity index (χ3n) is 3.94. The van der Waals surface area contributed by atoms with Crippen molar-refractivity contribution in [2.45, 2.75) is 0 Å². The molecule has 0 unspecified atom stereocenters. The van der Waals surface area contributed by atoms with Crippen LogP contribution < -0.4 is 0 Å². The molecule has 0 fully saturated rings. The third kappa shape index (κ3) is 2.59. The van der Waals surface area contributed by atoms with Gasteiger partial charge in [-0.15, -0.1) is 0 Å². The molecule has 0 aliphatic carbocycles. The average molecular weight is 299 g/mol. The molecule has 2 heteroatoms. The van der Waals surface area contributed by atoms with Crippen LogP contribution in [0.5, 0.6) is 0 Å². The number of halogens is 1. The van der Waals surface area contributed by atoms with Crippen molar-refractivity contribution in [2.24, 2.45) is 0 Å². The van der Waals surface area contributed by atoms with Crippen molar-refractivity contribution in [2.75, 3.05) is 0 Å². The van der Waals surface area contributed by atoms with Gasteiger partial charge in [0.2, 0.25) is 0 Å². The first-order valence-corrected chi connectivity index (χ1v) is 7.52. The van der Waals surface area contributed by atoms with Crippen molar-refractivity contribution in [1.29, 1.82) is 0 Å². The summed E-state index contributed by atoms with van der Waals surface area (Å²) in [5.74, 6) is -0.238. The van der Waals surface area contributed by atoms with Gasteiger partial charge in [-0.3, -0.25) is 0 Å². The maximum atomic E-state index is 13.2. The summed E-state index contributed by atoms with van der Waals surface area (Å²) >= 11 is 0. The van der Waals surface area contributed by atoms with Gasteiger partial charge in [-0.1, -0.05) is 48.5 Å². The Morgan fingerprint density at radius 1 is 0.652 bits per heavy atom. The molecule has 4 aromatic rings. The Balaban J connectivity index is 1.99. The highest BCUT2D eigenvalue weighted by Gasteiger charge is 2.09. The van der Waals surface area contributed by atoms with E-state index in [1.807, 2.05) is 36.4 Å². The molecular formula is C21H14FN. The highest BCUT2D eigenvalue weighted by molar-refractivity contribution is 5.96. The van der Waals surface area contributed by atoms with Gasteiger partial charge in [0.25, 0.3) is 0 Å². The Labute approximate surface area is 134 Å². The van der Waals surface area contributed by atoms with Gasteiger partial charge < -0.3 is 0 Å². The maximum Gasteiger partial charge on any atom is 0.123 e. The van der Waals surface area contributed by atoms with Crippen molar-refractivity contribution in [3.63, 3.8) is 0 Å². The minimum atomic E-state index is -0.238. The van der Waals surface area contributed by atoms with Crippen LogP contribution in [0.3, 0.4) is 0 Å². The summed E-state index contributed by atoms with van der Waals surface area (Å²) in [6.45, 7) is 0. The lowest BCUT2D eigenvalue weighted by atomic mass is 9.98. The molecule has 0 N–H and O–H groups in total. The summed E-state index contributed by atoms with van der Waals surface area (Å²) in [6, 6.07) is 26.9. The zero-order valence-electron chi connectivity index (χ0n) is 12.4. The summed E-state index contributed by atoms with van der Waals surface area (Å²) in [6.07, 6.45) is 0. The molecule has 1 heterocycles. The SMILES string of the molecule is Fc1ccc(-c2cc(-c3ccccc3)c3ccccc3n2)cc1. The van der Waals surface area contributed by atoms with Crippen LogP contribution in [0.2, 0.25) is 0 Å². The number of pyridine rings is 1. The molecule has 0 saturated carbocycles. The van der Waals surface area contributed by atoms with Crippen LogP contribution in [0.25, 0.3) is 33.3 Å². The van der Waals surface area contributed by atoms with E-state index in [9.17, 15) is 4.39 Å². The normalized spacial score (nSPS) is 10.8. The summed E-state index contributed by atoms with van der Waals surface area (Å²) in [5, 5.41) is 1.12. The zero-order valence-corrected chi connectivity index (χ0v) is 12.4. The van der Waals surface area contributed by atoms with E-state index in [1.165, 1.54) is 12.1 Å². The van der Waals surface area contributed by atoms with Crippen molar-refractivity contribution in [3.8, 4) is 22.4 Å². The number of para-hydroxylation sites is 1. The molecular weight excluding hydrogens is 285 g/mol. The van der Waals surface area contributed by atoms with E-state index < -0.39 is 0 Å². The number of aromatic nitrogens is 1. The van der Waals surface area contributed by atoms with Crippen LogP contribution in [-0.4, -0.2) is 4.98 Å². The number of fused-ring (bicyclic) bond motifs is 1. The number of rotatable bonds is 2. The molecule has 1 aromatic heterocycles. The van der Waals surface area contributed by atoms with E-state index in [1.54, 1.807) is 12.1 Å². The van der Waals surface area contributed by atoms with Crippen molar-refractivity contribution >= 4 is 10.9 Å². The van der Waals surface area contributed by atoms with Gasteiger partial charge in [0.1, 0.15) is 5.82 Å². The largest absolute Gasteiger partial charge is 0.248 e. The molecule has 0 saturated heterocycles. The fourth-order valence-electron chi connectivity index (χ4n) is 2.80. The Morgan fingerprint density at radius 3 is 2.13 bits per heavy atom. The van der Waals surface area contributed by atoms with E-state index in [4.69, 9.17) is 4.98 Å². The van der Waals surface area contributed by atoms with E-state index in [0.717, 1.165) is 33.3 Å². The zero-order chi connectivity index (χ0) is 15.6. The molecule has 0 radical (unpaired) electrons. The summed E-state index contributed by atoms with van der Waals surface area (Å²) in [7, 11) is 0. The van der Waals surface area contributed by atoms with Crippen LogP contribution >= 0.6 is 0 Å². The quantitative estimate of drug-likeness (QED) is 0.462. The summed E-state index contributed by atoms with van der Waals surface area (Å²) < 4.78 is 13.2. The number of benzene rings is 3. The average Bonchev–Trinajstić information content (AvgIpc) is 2.62. The minimum absolute atomic E-state index is 0.238. The first-order valence-electron chi connectivity index (χ1n) is 7.52. The van der Waals surface area contributed by atoms with Crippen molar-refractivity contribution < 1.29 is 4.39 Å². The number of hydrogen-bond acceptors (Lipinski definition) is 1. The molecule has 0 amide bonds. The van der Waals surface area contributed by atoms with Crippen LogP contribution in [0.4, 0.5) is 4.39 Å². The lowest BCUT2D eigenvalue weighted by molar-refractivity contribution is 0.628. The molecule has 23 heavy (non-hydrogen) atoms. The van der Waals surface area contributed by atoms with Crippen LogP contribution in [0, 0.1) is 5.82 Å². The summed E-state index contributed by atoms with van der Waals surface area (Å²) in [5.41, 5.74) is 4.98. The third-order valence-corrected chi connectivity index (χ3v) is 3.94. The maximum absolute atomic E-state index is 13.2. The van der Waals surface area contributed by atoms with E-state index in [2.05, 4.69) is 24.3 Å². The fraction of sp³-hybridized carbons (Fsp3) is 0. The van der Waals surface area contributed by atoms with Gasteiger partial charge in [0.05, 0.1) is 11.2 Å². The Hall–Kier alpha value is -3.00. The second-order valence-corrected chi connectivity index (χ2v) is 5.45. The summed E-state index contributed by atoms with van der Waals surface area (Å²) in [4.78, 5) is 4.74.